The van der Waals surface area contributed by atoms with E-state index in [-0.39, 0.29) is 0 Å². The Balaban J connectivity index is 4.69. The summed E-state index contributed by atoms with van der Waals surface area (Å²) in [6.07, 6.45) is -4.79. The van der Waals surface area contributed by atoms with E-state index < -0.39 is 24.5 Å². The van der Waals surface area contributed by atoms with Crippen LogP contribution in [0.3, 0.4) is 0 Å². The summed E-state index contributed by atoms with van der Waals surface area (Å²) in [4.78, 5) is 12.5. The molecule has 3 nitrogen and oxygen atoms in total. The van der Waals surface area contributed by atoms with E-state index in [1.807, 2.05) is 4.94 Å². The van der Waals surface area contributed by atoms with Gasteiger partial charge in [0.1, 0.15) is 0 Å². The number of hydrogen-bond donors (Lipinski definition) is 1. The number of carbonyl (C=O) groups is 1. The van der Waals surface area contributed by atoms with E-state index in [0.717, 1.165) is 6.08 Å². The SMILES string of the molecule is C=CCNC(=O)C(F)(OF)C(F)(F)F. The fourth-order valence-electron chi connectivity index (χ4n) is 0.486. The molecule has 0 spiro atoms. The highest BCUT2D eigenvalue weighted by Gasteiger charge is 2.65. The zero-order valence-electron chi connectivity index (χ0n) is 6.70. The van der Waals surface area contributed by atoms with Crippen LogP contribution in [0.2, 0.25) is 0 Å². The summed E-state index contributed by atoms with van der Waals surface area (Å²) in [7, 11) is 0. The van der Waals surface area contributed by atoms with Crippen molar-refractivity contribution in [3.05, 3.63) is 12.7 Å². The quantitative estimate of drug-likeness (QED) is 0.573. The predicted molar refractivity (Wildman–Crippen MR) is 35.3 cm³/mol. The summed E-state index contributed by atoms with van der Waals surface area (Å²) < 4.78 is 59.2. The molecule has 0 aliphatic carbocycles. The summed E-state index contributed by atoms with van der Waals surface area (Å²) in [5.74, 6) is -7.25. The van der Waals surface area contributed by atoms with E-state index in [2.05, 4.69) is 6.58 Å². The van der Waals surface area contributed by atoms with Crippen LogP contribution in [0.5, 0.6) is 0 Å². The second kappa shape index (κ2) is 4.36. The first kappa shape index (κ1) is 12.8. The standard InChI is InChI=1S/C6H6F5NO2/c1-2-3-12-4(13)5(7,14-11)6(8,9)10/h2H,1,3H2,(H,12,13). The van der Waals surface area contributed by atoms with Crippen molar-refractivity contribution in [2.75, 3.05) is 6.54 Å². The molecule has 1 unspecified atom stereocenters. The highest BCUT2D eigenvalue weighted by Crippen LogP contribution is 2.35. The fraction of sp³-hybridized carbons (Fsp3) is 0.500. The van der Waals surface area contributed by atoms with Crippen LogP contribution in [-0.4, -0.2) is 24.5 Å². The van der Waals surface area contributed by atoms with Gasteiger partial charge >= 0.3 is 12.0 Å². The number of halogens is 5. The molecule has 1 N–H and O–H groups in total. The number of rotatable bonds is 4. The molecule has 0 heterocycles. The Morgan fingerprint density at radius 1 is 1.43 bits per heavy atom. The molecule has 0 aliphatic heterocycles. The van der Waals surface area contributed by atoms with Crippen LogP contribution in [0.15, 0.2) is 12.7 Å². The largest absolute Gasteiger partial charge is 0.461 e. The molecular weight excluding hydrogens is 213 g/mol. The molecule has 1 amide bonds. The summed E-state index contributed by atoms with van der Waals surface area (Å²) >= 11 is 0. The molecule has 0 aromatic rings. The normalized spacial score (nSPS) is 15.8. The molecule has 1 atom stereocenters. The van der Waals surface area contributed by atoms with Gasteiger partial charge in [0.15, 0.2) is 0 Å². The monoisotopic (exact) mass is 219 g/mol. The molecule has 0 radical (unpaired) electrons. The van der Waals surface area contributed by atoms with Crippen molar-refractivity contribution < 1.29 is 31.8 Å². The maximum Gasteiger partial charge on any atom is 0.461 e. The molecule has 0 saturated carbocycles. The summed E-state index contributed by atoms with van der Waals surface area (Å²) in [5, 5.41) is 1.41. The molecule has 0 fully saturated rings. The van der Waals surface area contributed by atoms with E-state index in [9.17, 15) is 26.9 Å². The third-order valence-electron chi connectivity index (χ3n) is 1.17. The number of alkyl halides is 4. The minimum absolute atomic E-state index is 0.441. The second-order valence-corrected chi connectivity index (χ2v) is 2.17. The number of amides is 1. The van der Waals surface area contributed by atoms with Crippen LogP contribution >= 0.6 is 0 Å². The van der Waals surface area contributed by atoms with Crippen molar-refractivity contribution in [2.45, 2.75) is 12.0 Å². The molecule has 0 aliphatic rings. The lowest BCUT2D eigenvalue weighted by Crippen LogP contribution is -2.54. The van der Waals surface area contributed by atoms with Crippen LogP contribution in [-0.2, 0) is 9.74 Å². The van der Waals surface area contributed by atoms with Gasteiger partial charge < -0.3 is 5.32 Å². The summed E-state index contributed by atoms with van der Waals surface area (Å²) in [5.41, 5.74) is 0. The summed E-state index contributed by atoms with van der Waals surface area (Å²) in [6, 6.07) is 0. The van der Waals surface area contributed by atoms with Gasteiger partial charge in [-0.25, -0.2) is 0 Å². The molecule has 0 aromatic heterocycles. The molecule has 82 valence electrons. The average molecular weight is 219 g/mol. The van der Waals surface area contributed by atoms with Gasteiger partial charge in [0, 0.05) is 6.54 Å². The van der Waals surface area contributed by atoms with Crippen LogP contribution in [0.4, 0.5) is 22.1 Å². The van der Waals surface area contributed by atoms with Crippen LogP contribution in [0.25, 0.3) is 0 Å². The Kier molecular flexibility index (Phi) is 3.99. The Hall–Kier alpha value is -1.18. The van der Waals surface area contributed by atoms with Crippen LogP contribution < -0.4 is 5.32 Å². The third-order valence-corrected chi connectivity index (χ3v) is 1.17. The van der Waals surface area contributed by atoms with E-state index in [1.54, 1.807) is 0 Å². The first-order chi connectivity index (χ1) is 6.29. The first-order valence-electron chi connectivity index (χ1n) is 3.24. The minimum atomic E-state index is -5.78. The van der Waals surface area contributed by atoms with E-state index in [0.29, 0.717) is 0 Å². The number of carbonyl (C=O) groups excluding carboxylic acids is 1. The van der Waals surface area contributed by atoms with Gasteiger partial charge in [-0.15, -0.1) is 11.5 Å². The summed E-state index contributed by atoms with van der Waals surface area (Å²) in [6.45, 7) is 2.61. The molecule has 0 rings (SSSR count). The van der Waals surface area contributed by atoms with Crippen molar-refractivity contribution in [1.82, 2.24) is 5.32 Å². The van der Waals surface area contributed by atoms with Gasteiger partial charge in [-0.3, -0.25) is 4.79 Å². The Morgan fingerprint density at radius 2 is 1.93 bits per heavy atom. The predicted octanol–water partition coefficient (Wildman–Crippen LogP) is 1.42. The van der Waals surface area contributed by atoms with Gasteiger partial charge in [-0.05, 0) is 4.53 Å². The van der Waals surface area contributed by atoms with E-state index >= 15 is 0 Å². The molecule has 8 heteroatoms. The first-order valence-corrected chi connectivity index (χ1v) is 3.24. The minimum Gasteiger partial charge on any atom is -0.347 e. The smallest absolute Gasteiger partial charge is 0.347 e. The third kappa shape index (κ3) is 2.41. The molecule has 0 aromatic carbocycles. The Labute approximate surface area is 75.4 Å². The van der Waals surface area contributed by atoms with E-state index in [1.165, 1.54) is 5.32 Å². The lowest BCUT2D eigenvalue weighted by Gasteiger charge is -2.21. The highest BCUT2D eigenvalue weighted by molar-refractivity contribution is 5.84. The fourth-order valence-corrected chi connectivity index (χ4v) is 0.486. The Bertz CT molecular complexity index is 229. The zero-order chi connectivity index (χ0) is 11.4. The molecule has 0 saturated heterocycles. The average Bonchev–Trinajstić information content (AvgIpc) is 2.10. The molecule has 14 heavy (non-hydrogen) atoms. The number of nitrogens with one attached hydrogen (secondary N) is 1. The van der Waals surface area contributed by atoms with E-state index in [4.69, 9.17) is 0 Å². The topological polar surface area (TPSA) is 38.3 Å². The zero-order valence-corrected chi connectivity index (χ0v) is 6.70. The van der Waals surface area contributed by atoms with Crippen molar-refractivity contribution in [1.29, 1.82) is 0 Å². The van der Waals surface area contributed by atoms with Crippen molar-refractivity contribution >= 4 is 5.91 Å². The van der Waals surface area contributed by atoms with Crippen molar-refractivity contribution in [3.63, 3.8) is 0 Å². The highest BCUT2D eigenvalue weighted by atomic mass is 19.4. The van der Waals surface area contributed by atoms with Gasteiger partial charge in [0.2, 0.25) is 0 Å². The van der Waals surface area contributed by atoms with Crippen LogP contribution in [0.1, 0.15) is 0 Å². The lowest BCUT2D eigenvalue weighted by molar-refractivity contribution is -0.381. The maximum absolute atomic E-state index is 12.6. The molecular formula is C6H6F5NO2. The van der Waals surface area contributed by atoms with Crippen molar-refractivity contribution in [3.8, 4) is 0 Å². The molecule has 0 bridgehead atoms. The maximum atomic E-state index is 12.6. The Morgan fingerprint density at radius 3 is 2.21 bits per heavy atom. The van der Waals surface area contributed by atoms with Gasteiger partial charge in [-0.1, -0.05) is 6.08 Å². The van der Waals surface area contributed by atoms with Gasteiger partial charge in [0.05, 0.1) is 0 Å². The van der Waals surface area contributed by atoms with Crippen molar-refractivity contribution in [2.24, 2.45) is 0 Å². The van der Waals surface area contributed by atoms with Gasteiger partial charge in [0.25, 0.3) is 5.91 Å². The number of hydrogen-bond acceptors (Lipinski definition) is 2. The lowest BCUT2D eigenvalue weighted by atomic mass is 10.3. The van der Waals surface area contributed by atoms with Crippen LogP contribution in [0, 0.1) is 0 Å². The second-order valence-electron chi connectivity index (χ2n) is 2.17. The van der Waals surface area contributed by atoms with Gasteiger partial charge in [-0.2, -0.15) is 17.6 Å².